The second-order valence-electron chi connectivity index (χ2n) is 13.0. The van der Waals surface area contributed by atoms with Gasteiger partial charge in [-0.3, -0.25) is 0 Å². The first-order valence-electron chi connectivity index (χ1n) is 17.5. The maximum Gasteiger partial charge on any atom is 0.460 e. The highest BCUT2D eigenvalue weighted by molar-refractivity contribution is 5.91. The minimum absolute atomic E-state index is 0.00865. The Bertz CT molecular complexity index is 1830. The Morgan fingerprint density at radius 3 is 1.53 bits per heavy atom. The first kappa shape index (κ1) is 48.5. The summed E-state index contributed by atoms with van der Waals surface area (Å²) in [7, 11) is 0. The SMILES string of the molecule is CCCCCCC(C)Oc1ccc(C(=O)Oc2ccc(-c3ccc(OCCCOC(=O)C(F)(F)C(F)(F)C(F)(F)C(F)(F)C(F)(F)C(F)(F)C(F)(F)F)cc3)cc2)cc1. The van der Waals surface area contributed by atoms with E-state index in [1.54, 1.807) is 36.4 Å². The molecule has 0 saturated heterocycles. The van der Waals surface area contributed by atoms with E-state index in [2.05, 4.69) is 11.7 Å². The van der Waals surface area contributed by atoms with Crippen LogP contribution in [0.2, 0.25) is 0 Å². The molecule has 0 aromatic heterocycles. The van der Waals surface area contributed by atoms with Crippen LogP contribution in [0.1, 0.15) is 62.7 Å². The normalized spacial score (nSPS) is 13.8. The third-order valence-electron chi connectivity index (χ3n) is 8.52. The standard InChI is InChI=1S/C38H35F15O6/c1-3-4-5-6-8-23(2)58-28-19-13-26(14-20-28)30(54)59-29-17-11-25(12-18-29)24-9-15-27(16-10-24)56-21-7-22-57-31(55)32(39,40)33(41,42)34(43,44)35(45,46)36(47,48)37(49,50)38(51,52)53/h9-20,23H,3-8,21-22H2,1-2H3. The van der Waals surface area contributed by atoms with Crippen molar-refractivity contribution in [1.82, 2.24) is 0 Å². The summed E-state index contributed by atoms with van der Waals surface area (Å²) in [6.07, 6.45) is -3.02. The predicted molar refractivity (Wildman–Crippen MR) is 179 cm³/mol. The van der Waals surface area contributed by atoms with Gasteiger partial charge >= 0.3 is 53.7 Å². The van der Waals surface area contributed by atoms with E-state index in [0.29, 0.717) is 16.9 Å². The summed E-state index contributed by atoms with van der Waals surface area (Å²) < 4.78 is 220. The number of rotatable bonds is 21. The maximum absolute atomic E-state index is 14.0. The monoisotopic (exact) mass is 872 g/mol. The molecule has 0 fully saturated rings. The lowest BCUT2D eigenvalue weighted by atomic mass is 9.91. The van der Waals surface area contributed by atoms with E-state index in [9.17, 15) is 75.4 Å². The molecule has 1 unspecified atom stereocenters. The lowest BCUT2D eigenvalue weighted by Crippen LogP contribution is -2.73. The van der Waals surface area contributed by atoms with Crippen molar-refractivity contribution in [2.75, 3.05) is 13.2 Å². The molecule has 0 heterocycles. The molecule has 0 bridgehead atoms. The number of carbonyl (C=O) groups is 2. The summed E-state index contributed by atoms with van der Waals surface area (Å²) in [6, 6.07) is 18.6. The van der Waals surface area contributed by atoms with Crippen LogP contribution in [0.4, 0.5) is 65.9 Å². The number of benzene rings is 3. The molecule has 328 valence electrons. The number of unbranched alkanes of at least 4 members (excludes halogenated alkanes) is 3. The zero-order chi connectivity index (χ0) is 44.7. The van der Waals surface area contributed by atoms with Gasteiger partial charge in [-0.15, -0.1) is 0 Å². The fraction of sp³-hybridized carbons (Fsp3) is 0.474. The maximum atomic E-state index is 14.0. The predicted octanol–water partition coefficient (Wildman–Crippen LogP) is 12.0. The van der Waals surface area contributed by atoms with Gasteiger partial charge < -0.3 is 18.9 Å². The highest BCUT2D eigenvalue weighted by atomic mass is 19.4. The molecule has 0 aliphatic carbocycles. The van der Waals surface area contributed by atoms with Crippen molar-refractivity contribution < 1.29 is 94.4 Å². The summed E-state index contributed by atoms with van der Waals surface area (Å²) in [5.74, 6) is -52.0. The second kappa shape index (κ2) is 18.6. The Kier molecular flexibility index (Phi) is 15.3. The molecule has 0 saturated carbocycles. The van der Waals surface area contributed by atoms with Crippen molar-refractivity contribution in [1.29, 1.82) is 0 Å². The first-order valence-corrected chi connectivity index (χ1v) is 17.5. The molecule has 0 aliphatic heterocycles. The van der Waals surface area contributed by atoms with Crippen molar-refractivity contribution in [3.8, 4) is 28.4 Å². The van der Waals surface area contributed by atoms with Crippen molar-refractivity contribution in [3.63, 3.8) is 0 Å². The van der Waals surface area contributed by atoms with E-state index < -0.39 is 73.3 Å². The van der Waals surface area contributed by atoms with Crippen LogP contribution in [0.3, 0.4) is 0 Å². The van der Waals surface area contributed by atoms with E-state index in [0.717, 1.165) is 32.1 Å². The van der Waals surface area contributed by atoms with Gasteiger partial charge in [0, 0.05) is 6.42 Å². The van der Waals surface area contributed by atoms with Crippen molar-refractivity contribution in [3.05, 3.63) is 78.4 Å². The topological polar surface area (TPSA) is 71.1 Å². The fourth-order valence-electron chi connectivity index (χ4n) is 5.04. The number of ether oxygens (including phenoxy) is 4. The fourth-order valence-corrected chi connectivity index (χ4v) is 5.04. The van der Waals surface area contributed by atoms with Crippen LogP contribution in [-0.2, 0) is 9.53 Å². The van der Waals surface area contributed by atoms with E-state index in [4.69, 9.17) is 14.2 Å². The summed E-state index contributed by atoms with van der Waals surface area (Å²) >= 11 is 0. The third-order valence-corrected chi connectivity index (χ3v) is 8.52. The van der Waals surface area contributed by atoms with E-state index in [1.165, 1.54) is 36.4 Å². The van der Waals surface area contributed by atoms with E-state index in [-0.39, 0.29) is 23.2 Å². The number of halogens is 15. The molecule has 0 aliphatic rings. The van der Waals surface area contributed by atoms with Gasteiger partial charge in [0.2, 0.25) is 0 Å². The van der Waals surface area contributed by atoms with Crippen LogP contribution in [0.5, 0.6) is 17.2 Å². The molecule has 1 atom stereocenters. The minimum atomic E-state index is -8.51. The summed E-state index contributed by atoms with van der Waals surface area (Å²) in [5.41, 5.74) is 1.52. The third kappa shape index (κ3) is 10.5. The molecule has 3 aromatic rings. The lowest BCUT2D eigenvalue weighted by Gasteiger charge is -2.40. The molecule has 0 spiro atoms. The molecular weight excluding hydrogens is 837 g/mol. The van der Waals surface area contributed by atoms with Gasteiger partial charge in [-0.25, -0.2) is 9.59 Å². The largest absolute Gasteiger partial charge is 0.493 e. The number of alkyl halides is 15. The Labute approximate surface area is 326 Å². The van der Waals surface area contributed by atoms with Crippen LogP contribution in [0.25, 0.3) is 11.1 Å². The Morgan fingerprint density at radius 2 is 1.02 bits per heavy atom. The first-order chi connectivity index (χ1) is 27.2. The summed E-state index contributed by atoms with van der Waals surface area (Å²) in [4.78, 5) is 24.1. The Morgan fingerprint density at radius 1 is 0.542 bits per heavy atom. The molecule has 21 heteroatoms. The average molecular weight is 873 g/mol. The van der Waals surface area contributed by atoms with Crippen molar-refractivity contribution in [2.24, 2.45) is 0 Å². The molecule has 6 nitrogen and oxygen atoms in total. The van der Waals surface area contributed by atoms with Crippen LogP contribution in [-0.4, -0.2) is 73.0 Å². The van der Waals surface area contributed by atoms with Crippen LogP contribution >= 0.6 is 0 Å². The van der Waals surface area contributed by atoms with E-state index in [1.807, 2.05) is 6.92 Å². The van der Waals surface area contributed by atoms with Gasteiger partial charge in [0.05, 0.1) is 24.9 Å². The molecule has 3 rings (SSSR count). The number of carbonyl (C=O) groups excluding carboxylic acids is 2. The molecule has 0 radical (unpaired) electrons. The molecule has 3 aromatic carbocycles. The van der Waals surface area contributed by atoms with Gasteiger partial charge in [-0.05, 0) is 79.4 Å². The number of hydrogen-bond donors (Lipinski definition) is 0. The average Bonchev–Trinajstić information content (AvgIpc) is 3.16. The lowest BCUT2D eigenvalue weighted by molar-refractivity contribution is -0.450. The van der Waals surface area contributed by atoms with Crippen molar-refractivity contribution in [2.45, 2.75) is 100 Å². The number of hydrogen-bond acceptors (Lipinski definition) is 6. The van der Waals surface area contributed by atoms with Gasteiger partial charge in [0.25, 0.3) is 0 Å². The molecule has 0 amide bonds. The number of esters is 2. The van der Waals surface area contributed by atoms with Crippen LogP contribution in [0.15, 0.2) is 72.8 Å². The summed E-state index contributed by atoms with van der Waals surface area (Å²) in [6.45, 7) is 2.17. The molecular formula is C38H35F15O6. The smallest absolute Gasteiger partial charge is 0.460 e. The minimum Gasteiger partial charge on any atom is -0.493 e. The van der Waals surface area contributed by atoms with Crippen LogP contribution in [0, 0.1) is 0 Å². The quantitative estimate of drug-likeness (QED) is 0.0460. The van der Waals surface area contributed by atoms with Gasteiger partial charge in [-0.2, -0.15) is 65.9 Å². The summed E-state index contributed by atoms with van der Waals surface area (Å²) in [5, 5.41) is 0. The van der Waals surface area contributed by atoms with Crippen molar-refractivity contribution >= 4 is 11.9 Å². The van der Waals surface area contributed by atoms with Crippen LogP contribution < -0.4 is 14.2 Å². The Hall–Kier alpha value is -4.85. The highest BCUT2D eigenvalue weighted by Gasteiger charge is 2.94. The zero-order valence-electron chi connectivity index (χ0n) is 30.8. The highest BCUT2D eigenvalue weighted by Crippen LogP contribution is 2.62. The zero-order valence-corrected chi connectivity index (χ0v) is 30.8. The van der Waals surface area contributed by atoms with Gasteiger partial charge in [0.15, 0.2) is 0 Å². The van der Waals surface area contributed by atoms with E-state index >= 15 is 0 Å². The molecule has 59 heavy (non-hydrogen) atoms. The molecule has 0 N–H and O–H groups in total. The second-order valence-corrected chi connectivity index (χ2v) is 13.0. The van der Waals surface area contributed by atoms with Gasteiger partial charge in [-0.1, -0.05) is 50.5 Å². The Balaban J connectivity index is 1.50. The van der Waals surface area contributed by atoms with Gasteiger partial charge in [0.1, 0.15) is 17.2 Å².